The Morgan fingerprint density at radius 2 is 2.24 bits per heavy atom. The highest BCUT2D eigenvalue weighted by Gasteiger charge is 2.20. The Labute approximate surface area is 101 Å². The first-order valence-electron chi connectivity index (χ1n) is 5.95. The lowest BCUT2D eigenvalue weighted by atomic mass is 10.2. The lowest BCUT2D eigenvalue weighted by Crippen LogP contribution is -2.29. The molecule has 4 nitrogen and oxygen atoms in total. The van der Waals surface area contributed by atoms with Crippen LogP contribution >= 0.6 is 0 Å². The Kier molecular flexibility index (Phi) is 3.64. The number of phenolic OH excluding ortho intramolecular Hbond substituents is 1. The summed E-state index contributed by atoms with van der Waals surface area (Å²) in [6.45, 7) is 3.13. The van der Waals surface area contributed by atoms with Crippen molar-refractivity contribution in [3.8, 4) is 5.75 Å². The predicted octanol–water partition coefficient (Wildman–Crippen LogP) is 1.64. The number of nitrogens with one attached hydrogen (secondary N) is 2. The summed E-state index contributed by atoms with van der Waals surface area (Å²) in [4.78, 5) is 11.6. The van der Waals surface area contributed by atoms with Gasteiger partial charge in [-0.3, -0.25) is 4.79 Å². The van der Waals surface area contributed by atoms with Crippen LogP contribution in [0.15, 0.2) is 18.2 Å². The van der Waals surface area contributed by atoms with Crippen LogP contribution in [-0.4, -0.2) is 24.1 Å². The van der Waals surface area contributed by atoms with Crippen molar-refractivity contribution in [1.29, 1.82) is 0 Å². The van der Waals surface area contributed by atoms with Crippen LogP contribution in [0, 0.1) is 12.8 Å². The van der Waals surface area contributed by atoms with Gasteiger partial charge in [0.05, 0.1) is 6.54 Å². The summed E-state index contributed by atoms with van der Waals surface area (Å²) in [5.41, 5.74) is 1.61. The summed E-state index contributed by atoms with van der Waals surface area (Å²) in [6.07, 6.45) is 2.57. The van der Waals surface area contributed by atoms with E-state index in [2.05, 4.69) is 10.6 Å². The zero-order valence-corrected chi connectivity index (χ0v) is 9.99. The van der Waals surface area contributed by atoms with Crippen molar-refractivity contribution in [3.05, 3.63) is 23.8 Å². The van der Waals surface area contributed by atoms with Crippen LogP contribution in [0.5, 0.6) is 5.75 Å². The fourth-order valence-electron chi connectivity index (χ4n) is 1.69. The highest BCUT2D eigenvalue weighted by Crippen LogP contribution is 2.27. The van der Waals surface area contributed by atoms with Crippen LogP contribution in [0.25, 0.3) is 0 Å². The van der Waals surface area contributed by atoms with Crippen LogP contribution in [0.1, 0.15) is 18.4 Å². The normalized spacial score (nSPS) is 14.6. The van der Waals surface area contributed by atoms with E-state index in [0.29, 0.717) is 6.54 Å². The number of hydrogen-bond acceptors (Lipinski definition) is 3. The second kappa shape index (κ2) is 5.19. The van der Waals surface area contributed by atoms with E-state index >= 15 is 0 Å². The van der Waals surface area contributed by atoms with E-state index in [4.69, 9.17) is 0 Å². The topological polar surface area (TPSA) is 61.4 Å². The number of phenols is 1. The molecule has 0 atom stereocenters. The maximum atomic E-state index is 11.6. The number of aromatic hydroxyl groups is 1. The molecular weight excluding hydrogens is 216 g/mol. The highest BCUT2D eigenvalue weighted by atomic mass is 16.3. The molecule has 92 valence electrons. The van der Waals surface area contributed by atoms with Gasteiger partial charge in [0, 0.05) is 5.69 Å². The molecule has 4 heteroatoms. The molecule has 0 aromatic heterocycles. The highest BCUT2D eigenvalue weighted by molar-refractivity contribution is 5.93. The lowest BCUT2D eigenvalue weighted by molar-refractivity contribution is -0.115. The number of rotatable bonds is 5. The number of hydrogen-bond donors (Lipinski definition) is 3. The van der Waals surface area contributed by atoms with Crippen molar-refractivity contribution in [2.45, 2.75) is 19.8 Å². The van der Waals surface area contributed by atoms with Crippen molar-refractivity contribution in [2.24, 2.45) is 5.92 Å². The predicted molar refractivity (Wildman–Crippen MR) is 67.1 cm³/mol. The standard InChI is InChI=1S/C13H18N2O2/c1-9-6-11(16)4-5-12(9)15-13(17)8-14-7-10-2-3-10/h4-6,10,14,16H,2-3,7-8H2,1H3,(H,15,17). The molecule has 17 heavy (non-hydrogen) atoms. The zero-order valence-electron chi connectivity index (χ0n) is 9.99. The third-order valence-electron chi connectivity index (χ3n) is 2.90. The molecule has 1 aromatic rings. The molecule has 3 N–H and O–H groups in total. The molecule has 0 heterocycles. The van der Waals surface area contributed by atoms with Gasteiger partial charge >= 0.3 is 0 Å². The van der Waals surface area contributed by atoms with Gasteiger partial charge in [-0.25, -0.2) is 0 Å². The molecule has 0 bridgehead atoms. The Hall–Kier alpha value is -1.55. The van der Waals surface area contributed by atoms with E-state index in [1.807, 2.05) is 6.92 Å². The smallest absolute Gasteiger partial charge is 0.238 e. The maximum Gasteiger partial charge on any atom is 0.238 e. The molecule has 1 aliphatic rings. The Bertz CT molecular complexity index is 414. The van der Waals surface area contributed by atoms with E-state index in [-0.39, 0.29) is 11.7 Å². The molecule has 1 aliphatic carbocycles. The van der Waals surface area contributed by atoms with Crippen LogP contribution in [0.4, 0.5) is 5.69 Å². The maximum absolute atomic E-state index is 11.6. The molecule has 1 aromatic carbocycles. The Balaban J connectivity index is 1.79. The summed E-state index contributed by atoms with van der Waals surface area (Å²) in [5.74, 6) is 0.949. The fraction of sp³-hybridized carbons (Fsp3) is 0.462. The zero-order chi connectivity index (χ0) is 12.3. The second-order valence-corrected chi connectivity index (χ2v) is 4.62. The van der Waals surface area contributed by atoms with Crippen molar-refractivity contribution in [2.75, 3.05) is 18.4 Å². The van der Waals surface area contributed by atoms with E-state index in [9.17, 15) is 9.90 Å². The van der Waals surface area contributed by atoms with Crippen molar-refractivity contribution < 1.29 is 9.90 Å². The average molecular weight is 234 g/mol. The summed E-state index contributed by atoms with van der Waals surface area (Å²) in [5, 5.41) is 15.2. The van der Waals surface area contributed by atoms with E-state index in [0.717, 1.165) is 23.7 Å². The Morgan fingerprint density at radius 1 is 1.47 bits per heavy atom. The molecule has 1 fully saturated rings. The SMILES string of the molecule is Cc1cc(O)ccc1NC(=O)CNCC1CC1. The number of carbonyl (C=O) groups is 1. The number of aryl methyl sites for hydroxylation is 1. The van der Waals surface area contributed by atoms with E-state index in [1.165, 1.54) is 12.8 Å². The van der Waals surface area contributed by atoms with Gasteiger partial charge in [0.15, 0.2) is 0 Å². The first kappa shape index (κ1) is 11.9. The summed E-state index contributed by atoms with van der Waals surface area (Å²) in [6, 6.07) is 4.91. The number of anilines is 1. The van der Waals surface area contributed by atoms with Gasteiger partial charge in [-0.1, -0.05) is 0 Å². The first-order chi connectivity index (χ1) is 8.15. The second-order valence-electron chi connectivity index (χ2n) is 4.62. The minimum Gasteiger partial charge on any atom is -0.508 e. The third-order valence-corrected chi connectivity index (χ3v) is 2.90. The van der Waals surface area contributed by atoms with Gasteiger partial charge in [-0.15, -0.1) is 0 Å². The first-order valence-corrected chi connectivity index (χ1v) is 5.95. The number of amides is 1. The molecule has 1 saturated carbocycles. The molecule has 2 rings (SSSR count). The minimum absolute atomic E-state index is 0.0422. The van der Waals surface area contributed by atoms with Crippen LogP contribution < -0.4 is 10.6 Å². The van der Waals surface area contributed by atoms with E-state index in [1.54, 1.807) is 18.2 Å². The number of carbonyl (C=O) groups excluding carboxylic acids is 1. The molecular formula is C13H18N2O2. The quantitative estimate of drug-likeness (QED) is 0.679. The molecule has 0 spiro atoms. The summed E-state index contributed by atoms with van der Waals surface area (Å²) in [7, 11) is 0. The van der Waals surface area contributed by atoms with Gasteiger partial charge in [0.2, 0.25) is 5.91 Å². The van der Waals surface area contributed by atoms with Gasteiger partial charge < -0.3 is 15.7 Å². The molecule has 0 radical (unpaired) electrons. The molecule has 0 unspecified atom stereocenters. The lowest BCUT2D eigenvalue weighted by Gasteiger charge is -2.09. The van der Waals surface area contributed by atoms with Gasteiger partial charge in [0.25, 0.3) is 0 Å². The van der Waals surface area contributed by atoms with E-state index < -0.39 is 0 Å². The van der Waals surface area contributed by atoms with Crippen molar-refractivity contribution in [1.82, 2.24) is 5.32 Å². The van der Waals surface area contributed by atoms with Crippen molar-refractivity contribution in [3.63, 3.8) is 0 Å². The largest absolute Gasteiger partial charge is 0.508 e. The minimum atomic E-state index is -0.0422. The van der Waals surface area contributed by atoms with Gasteiger partial charge in [0.1, 0.15) is 5.75 Å². The molecule has 0 aliphatic heterocycles. The summed E-state index contributed by atoms with van der Waals surface area (Å²) >= 11 is 0. The van der Waals surface area contributed by atoms with Gasteiger partial charge in [-0.2, -0.15) is 0 Å². The fourth-order valence-corrected chi connectivity index (χ4v) is 1.69. The third kappa shape index (κ3) is 3.75. The monoisotopic (exact) mass is 234 g/mol. The van der Waals surface area contributed by atoms with Gasteiger partial charge in [-0.05, 0) is 56.0 Å². The van der Waals surface area contributed by atoms with Crippen molar-refractivity contribution >= 4 is 11.6 Å². The summed E-state index contributed by atoms with van der Waals surface area (Å²) < 4.78 is 0. The molecule has 1 amide bonds. The van der Waals surface area contributed by atoms with Crippen LogP contribution in [0.3, 0.4) is 0 Å². The number of benzene rings is 1. The van der Waals surface area contributed by atoms with Crippen LogP contribution in [0.2, 0.25) is 0 Å². The Morgan fingerprint density at radius 3 is 2.88 bits per heavy atom. The molecule has 0 saturated heterocycles. The van der Waals surface area contributed by atoms with Crippen LogP contribution in [-0.2, 0) is 4.79 Å². The average Bonchev–Trinajstić information content (AvgIpc) is 3.06.